The Balaban J connectivity index is 2.43. The maximum absolute atomic E-state index is 10.3. The monoisotopic (exact) mass is 252 g/mol. The first-order valence-electron chi connectivity index (χ1n) is 5.08. The van der Waals surface area contributed by atoms with E-state index < -0.39 is 6.10 Å². The summed E-state index contributed by atoms with van der Waals surface area (Å²) in [6.07, 6.45) is -0.618. The van der Waals surface area contributed by atoms with E-state index in [1.54, 1.807) is 0 Å². The van der Waals surface area contributed by atoms with E-state index >= 15 is 0 Å². The molecule has 3 heteroatoms. The summed E-state index contributed by atoms with van der Waals surface area (Å²) in [5.41, 5.74) is 3.03. The van der Waals surface area contributed by atoms with Gasteiger partial charge in [-0.3, -0.25) is 0 Å². The van der Waals surface area contributed by atoms with Gasteiger partial charge in [-0.1, -0.05) is 35.9 Å². The molecule has 16 heavy (non-hydrogen) atoms. The molecule has 0 saturated heterocycles. The molecule has 2 rings (SSSR count). The van der Waals surface area contributed by atoms with Gasteiger partial charge in [0, 0.05) is 0 Å². The van der Waals surface area contributed by atoms with Crippen molar-refractivity contribution in [2.24, 2.45) is 0 Å². The third kappa shape index (κ3) is 2.01. The highest BCUT2D eigenvalue weighted by molar-refractivity contribution is 7.10. The standard InChI is InChI=1S/C13H13ClOS/c1-8-5-3-4-6-10(8)12(15)13-11(14)9(2)7-16-13/h3-7,12,15H,1-2H3. The van der Waals surface area contributed by atoms with Gasteiger partial charge in [-0.25, -0.2) is 0 Å². The van der Waals surface area contributed by atoms with Crippen LogP contribution in [0, 0.1) is 13.8 Å². The van der Waals surface area contributed by atoms with Crippen molar-refractivity contribution in [2.75, 3.05) is 0 Å². The van der Waals surface area contributed by atoms with Gasteiger partial charge in [0.15, 0.2) is 0 Å². The molecular formula is C13H13ClOS. The molecule has 1 nitrogen and oxygen atoms in total. The van der Waals surface area contributed by atoms with Crippen molar-refractivity contribution in [1.82, 2.24) is 0 Å². The largest absolute Gasteiger partial charge is 0.383 e. The van der Waals surface area contributed by atoms with Crippen molar-refractivity contribution < 1.29 is 5.11 Å². The molecule has 2 aromatic rings. The number of halogens is 1. The maximum Gasteiger partial charge on any atom is 0.115 e. The van der Waals surface area contributed by atoms with Gasteiger partial charge in [0.2, 0.25) is 0 Å². The minimum Gasteiger partial charge on any atom is -0.383 e. The predicted octanol–water partition coefficient (Wildman–Crippen LogP) is 4.10. The van der Waals surface area contributed by atoms with E-state index in [0.717, 1.165) is 21.6 Å². The highest BCUT2D eigenvalue weighted by atomic mass is 35.5. The summed E-state index contributed by atoms with van der Waals surface area (Å²) >= 11 is 7.66. The van der Waals surface area contributed by atoms with E-state index in [1.165, 1.54) is 11.3 Å². The summed E-state index contributed by atoms with van der Waals surface area (Å²) in [4.78, 5) is 0.827. The van der Waals surface area contributed by atoms with Crippen LogP contribution in [0.2, 0.25) is 5.02 Å². The molecule has 0 spiro atoms. The molecule has 0 radical (unpaired) electrons. The molecule has 1 aromatic carbocycles. The summed E-state index contributed by atoms with van der Waals surface area (Å²) in [5, 5.41) is 12.9. The van der Waals surface area contributed by atoms with Crippen molar-refractivity contribution in [2.45, 2.75) is 20.0 Å². The van der Waals surface area contributed by atoms with Crippen molar-refractivity contribution in [3.05, 3.63) is 56.2 Å². The summed E-state index contributed by atoms with van der Waals surface area (Å²) in [7, 11) is 0. The van der Waals surface area contributed by atoms with Gasteiger partial charge < -0.3 is 5.11 Å². The number of hydrogen-bond acceptors (Lipinski definition) is 2. The summed E-state index contributed by atoms with van der Waals surface area (Å²) in [5.74, 6) is 0. The molecule has 0 aliphatic rings. The number of aliphatic hydroxyl groups excluding tert-OH is 1. The molecule has 1 unspecified atom stereocenters. The van der Waals surface area contributed by atoms with Gasteiger partial charge in [-0.05, 0) is 35.9 Å². The predicted molar refractivity (Wildman–Crippen MR) is 69.3 cm³/mol. The van der Waals surface area contributed by atoms with E-state index in [2.05, 4.69) is 0 Å². The van der Waals surface area contributed by atoms with Crippen LogP contribution < -0.4 is 0 Å². The molecule has 0 aliphatic carbocycles. The van der Waals surface area contributed by atoms with Crippen LogP contribution in [0.15, 0.2) is 29.6 Å². The Hall–Kier alpha value is -0.830. The Kier molecular flexibility index (Phi) is 3.33. The molecule has 1 heterocycles. The molecule has 0 saturated carbocycles. The van der Waals surface area contributed by atoms with Gasteiger partial charge in [-0.2, -0.15) is 0 Å². The maximum atomic E-state index is 10.3. The van der Waals surface area contributed by atoms with Gasteiger partial charge >= 0.3 is 0 Å². The SMILES string of the molecule is Cc1ccccc1C(O)c1scc(C)c1Cl. The lowest BCUT2D eigenvalue weighted by Gasteiger charge is -2.12. The molecule has 0 aliphatic heterocycles. The normalized spacial score (nSPS) is 12.8. The lowest BCUT2D eigenvalue weighted by Crippen LogP contribution is -2.00. The Morgan fingerprint density at radius 3 is 2.44 bits per heavy atom. The summed E-state index contributed by atoms with van der Waals surface area (Å²) in [6.45, 7) is 3.94. The molecule has 0 amide bonds. The van der Waals surface area contributed by atoms with Crippen LogP contribution in [0.25, 0.3) is 0 Å². The molecule has 0 bridgehead atoms. The molecule has 1 aromatic heterocycles. The van der Waals surface area contributed by atoms with Crippen LogP contribution in [0.3, 0.4) is 0 Å². The topological polar surface area (TPSA) is 20.2 Å². The van der Waals surface area contributed by atoms with Crippen LogP contribution in [0.1, 0.15) is 27.7 Å². The third-order valence-corrected chi connectivity index (χ3v) is 4.42. The van der Waals surface area contributed by atoms with Crippen LogP contribution >= 0.6 is 22.9 Å². The van der Waals surface area contributed by atoms with E-state index in [0.29, 0.717) is 5.02 Å². The minimum atomic E-state index is -0.618. The summed E-state index contributed by atoms with van der Waals surface area (Å²) < 4.78 is 0. The zero-order chi connectivity index (χ0) is 11.7. The van der Waals surface area contributed by atoms with E-state index in [9.17, 15) is 5.11 Å². The second kappa shape index (κ2) is 4.58. The van der Waals surface area contributed by atoms with Crippen molar-refractivity contribution in [3.8, 4) is 0 Å². The van der Waals surface area contributed by atoms with Crippen LogP contribution in [0.4, 0.5) is 0 Å². The molecule has 0 fully saturated rings. The lowest BCUT2D eigenvalue weighted by atomic mass is 10.0. The first kappa shape index (κ1) is 11.6. The second-order valence-electron chi connectivity index (χ2n) is 3.86. The van der Waals surface area contributed by atoms with Gasteiger partial charge in [-0.15, -0.1) is 11.3 Å². The Labute approximate surface area is 104 Å². The van der Waals surface area contributed by atoms with Crippen LogP contribution in [-0.4, -0.2) is 5.11 Å². The quantitative estimate of drug-likeness (QED) is 0.853. The first-order chi connectivity index (χ1) is 7.61. The number of aryl methyl sites for hydroxylation is 2. The molecule has 84 valence electrons. The van der Waals surface area contributed by atoms with Gasteiger partial charge in [0.1, 0.15) is 6.10 Å². The Morgan fingerprint density at radius 1 is 1.19 bits per heavy atom. The molecule has 1 atom stereocenters. The zero-order valence-corrected chi connectivity index (χ0v) is 10.8. The number of rotatable bonds is 2. The van der Waals surface area contributed by atoms with Gasteiger partial charge in [0.05, 0.1) is 9.90 Å². The fraction of sp³-hybridized carbons (Fsp3) is 0.231. The average Bonchev–Trinajstić information content (AvgIpc) is 2.60. The highest BCUT2D eigenvalue weighted by Crippen LogP contribution is 2.36. The van der Waals surface area contributed by atoms with E-state index in [1.807, 2.05) is 43.5 Å². The third-order valence-electron chi connectivity index (χ3n) is 2.66. The van der Waals surface area contributed by atoms with Gasteiger partial charge in [0.25, 0.3) is 0 Å². The Bertz CT molecular complexity index is 504. The summed E-state index contributed by atoms with van der Waals surface area (Å²) in [6, 6.07) is 7.82. The number of aliphatic hydroxyl groups is 1. The number of thiophene rings is 1. The molecular weight excluding hydrogens is 240 g/mol. The first-order valence-corrected chi connectivity index (χ1v) is 6.34. The highest BCUT2D eigenvalue weighted by Gasteiger charge is 2.18. The van der Waals surface area contributed by atoms with Crippen LogP contribution in [0.5, 0.6) is 0 Å². The zero-order valence-electron chi connectivity index (χ0n) is 9.20. The van der Waals surface area contributed by atoms with Crippen LogP contribution in [-0.2, 0) is 0 Å². The minimum absolute atomic E-state index is 0.618. The van der Waals surface area contributed by atoms with Crippen molar-refractivity contribution in [1.29, 1.82) is 0 Å². The van der Waals surface area contributed by atoms with Crippen molar-refractivity contribution >= 4 is 22.9 Å². The lowest BCUT2D eigenvalue weighted by molar-refractivity contribution is 0.223. The fourth-order valence-electron chi connectivity index (χ4n) is 1.67. The van der Waals surface area contributed by atoms with E-state index in [-0.39, 0.29) is 0 Å². The average molecular weight is 253 g/mol. The second-order valence-corrected chi connectivity index (χ2v) is 5.15. The van der Waals surface area contributed by atoms with Crippen molar-refractivity contribution in [3.63, 3.8) is 0 Å². The number of hydrogen-bond donors (Lipinski definition) is 1. The molecule has 1 N–H and O–H groups in total. The van der Waals surface area contributed by atoms with E-state index in [4.69, 9.17) is 11.6 Å². The number of benzene rings is 1. The Morgan fingerprint density at radius 2 is 1.88 bits per heavy atom. The fourth-order valence-corrected chi connectivity index (χ4v) is 2.97. The smallest absolute Gasteiger partial charge is 0.115 e.